The zero-order chi connectivity index (χ0) is 15.2. The van der Waals surface area contributed by atoms with Crippen molar-refractivity contribution in [3.63, 3.8) is 0 Å². The number of rotatable bonds is 5. The number of hydrogen-bond acceptors (Lipinski definition) is 1. The Hall–Kier alpha value is -2.21. The standard InChI is InChI=1S/C18H17F2N/c1-2-3-4-5-13-6-8-15(9-7-13)18-16(19)10-14(12-21)11-17(18)20/h6-11H,2-5H2,1H3. The van der Waals surface area contributed by atoms with Gasteiger partial charge < -0.3 is 0 Å². The van der Waals surface area contributed by atoms with Crippen molar-refractivity contribution in [3.8, 4) is 17.2 Å². The highest BCUT2D eigenvalue weighted by molar-refractivity contribution is 5.66. The Kier molecular flexibility index (Phi) is 5.05. The van der Waals surface area contributed by atoms with E-state index in [1.165, 1.54) is 18.4 Å². The van der Waals surface area contributed by atoms with Gasteiger partial charge in [-0.05, 0) is 36.1 Å². The SMILES string of the molecule is CCCCCc1ccc(-c2c(F)cc(C#N)cc2F)cc1. The van der Waals surface area contributed by atoms with Crippen molar-refractivity contribution in [2.75, 3.05) is 0 Å². The summed E-state index contributed by atoms with van der Waals surface area (Å²) in [6.45, 7) is 2.15. The molecule has 0 radical (unpaired) electrons. The van der Waals surface area contributed by atoms with Crippen LogP contribution in [-0.2, 0) is 6.42 Å². The van der Waals surface area contributed by atoms with Crippen LogP contribution in [0.2, 0.25) is 0 Å². The normalized spacial score (nSPS) is 10.4. The summed E-state index contributed by atoms with van der Waals surface area (Å²) in [6.07, 6.45) is 4.45. The lowest BCUT2D eigenvalue weighted by molar-refractivity contribution is 0.589. The minimum absolute atomic E-state index is 0.00932. The molecule has 0 atom stereocenters. The van der Waals surface area contributed by atoms with Crippen molar-refractivity contribution < 1.29 is 8.78 Å². The summed E-state index contributed by atoms with van der Waals surface area (Å²) in [5.74, 6) is -1.41. The predicted octanol–water partition coefficient (Wildman–Crippen LogP) is 5.24. The Morgan fingerprint density at radius 1 is 1.00 bits per heavy atom. The molecule has 0 saturated heterocycles. The Morgan fingerprint density at radius 3 is 2.14 bits per heavy atom. The zero-order valence-electron chi connectivity index (χ0n) is 12.0. The lowest BCUT2D eigenvalue weighted by atomic mass is 9.99. The Labute approximate surface area is 123 Å². The second kappa shape index (κ2) is 6.99. The molecule has 0 aliphatic carbocycles. The van der Waals surface area contributed by atoms with E-state index in [4.69, 9.17) is 5.26 Å². The number of unbranched alkanes of at least 4 members (excludes halogenated alkanes) is 2. The number of nitriles is 1. The summed E-state index contributed by atoms with van der Waals surface area (Å²) in [5, 5.41) is 8.70. The van der Waals surface area contributed by atoms with E-state index in [0.29, 0.717) is 5.56 Å². The van der Waals surface area contributed by atoms with Gasteiger partial charge in [0, 0.05) is 0 Å². The third-order valence-electron chi connectivity index (χ3n) is 3.48. The van der Waals surface area contributed by atoms with E-state index >= 15 is 0 Å². The molecule has 2 aromatic carbocycles. The van der Waals surface area contributed by atoms with Crippen LogP contribution >= 0.6 is 0 Å². The van der Waals surface area contributed by atoms with Crippen LogP contribution in [0.3, 0.4) is 0 Å². The maximum absolute atomic E-state index is 13.9. The lowest BCUT2D eigenvalue weighted by Gasteiger charge is -2.07. The first-order chi connectivity index (χ1) is 10.2. The highest BCUT2D eigenvalue weighted by Gasteiger charge is 2.13. The first-order valence-electron chi connectivity index (χ1n) is 7.14. The van der Waals surface area contributed by atoms with Gasteiger partial charge in [0.05, 0.1) is 17.2 Å². The highest BCUT2D eigenvalue weighted by Crippen LogP contribution is 2.27. The largest absolute Gasteiger partial charge is 0.206 e. The lowest BCUT2D eigenvalue weighted by Crippen LogP contribution is -1.93. The van der Waals surface area contributed by atoms with Crippen molar-refractivity contribution in [3.05, 3.63) is 59.2 Å². The summed E-state index contributed by atoms with van der Waals surface area (Å²) in [4.78, 5) is 0. The molecule has 0 aliphatic rings. The molecule has 2 aromatic rings. The van der Waals surface area contributed by atoms with Crippen molar-refractivity contribution in [2.24, 2.45) is 0 Å². The fourth-order valence-corrected chi connectivity index (χ4v) is 2.33. The molecule has 0 fully saturated rings. The second-order valence-corrected chi connectivity index (χ2v) is 5.08. The van der Waals surface area contributed by atoms with Gasteiger partial charge in [-0.15, -0.1) is 0 Å². The molecular formula is C18H17F2N. The van der Waals surface area contributed by atoms with Gasteiger partial charge in [-0.2, -0.15) is 5.26 Å². The Bertz CT molecular complexity index is 631. The summed E-state index contributed by atoms with van der Waals surface area (Å²) in [7, 11) is 0. The van der Waals surface area contributed by atoms with Crippen LogP contribution < -0.4 is 0 Å². The predicted molar refractivity (Wildman–Crippen MR) is 79.7 cm³/mol. The summed E-state index contributed by atoms with van der Waals surface area (Å²) in [5.41, 5.74) is 1.58. The molecule has 0 bridgehead atoms. The summed E-state index contributed by atoms with van der Waals surface area (Å²) >= 11 is 0. The van der Waals surface area contributed by atoms with E-state index in [-0.39, 0.29) is 11.1 Å². The Balaban J connectivity index is 2.25. The van der Waals surface area contributed by atoms with E-state index in [9.17, 15) is 8.78 Å². The molecule has 1 nitrogen and oxygen atoms in total. The number of aryl methyl sites for hydroxylation is 1. The fourth-order valence-electron chi connectivity index (χ4n) is 2.33. The summed E-state index contributed by atoms with van der Waals surface area (Å²) in [6, 6.07) is 11.1. The fraction of sp³-hybridized carbons (Fsp3) is 0.278. The van der Waals surface area contributed by atoms with Crippen LogP contribution in [0.15, 0.2) is 36.4 Å². The molecule has 3 heteroatoms. The van der Waals surface area contributed by atoms with Crippen LogP contribution in [-0.4, -0.2) is 0 Å². The zero-order valence-corrected chi connectivity index (χ0v) is 12.0. The number of halogens is 2. The average molecular weight is 285 g/mol. The smallest absolute Gasteiger partial charge is 0.135 e. The van der Waals surface area contributed by atoms with Crippen LogP contribution in [0.25, 0.3) is 11.1 Å². The van der Waals surface area contributed by atoms with Crippen molar-refractivity contribution in [1.82, 2.24) is 0 Å². The molecule has 0 aliphatic heterocycles. The molecule has 0 spiro atoms. The Morgan fingerprint density at radius 2 is 1.62 bits per heavy atom. The molecular weight excluding hydrogens is 268 g/mol. The van der Waals surface area contributed by atoms with Crippen molar-refractivity contribution in [2.45, 2.75) is 32.6 Å². The van der Waals surface area contributed by atoms with Gasteiger partial charge in [-0.1, -0.05) is 44.0 Å². The molecule has 0 amide bonds. The summed E-state index contributed by atoms with van der Waals surface area (Å²) < 4.78 is 27.9. The highest BCUT2D eigenvalue weighted by atomic mass is 19.1. The second-order valence-electron chi connectivity index (χ2n) is 5.08. The number of nitrogens with zero attached hydrogens (tertiary/aromatic N) is 1. The van der Waals surface area contributed by atoms with Crippen molar-refractivity contribution >= 4 is 0 Å². The third-order valence-corrected chi connectivity index (χ3v) is 3.48. The molecule has 0 unspecified atom stereocenters. The maximum Gasteiger partial charge on any atom is 0.135 e. The monoisotopic (exact) mass is 285 g/mol. The van der Waals surface area contributed by atoms with Gasteiger partial charge in [-0.25, -0.2) is 8.78 Å². The van der Waals surface area contributed by atoms with Gasteiger partial charge >= 0.3 is 0 Å². The van der Waals surface area contributed by atoms with Crippen LogP contribution in [0.1, 0.15) is 37.3 Å². The molecule has 21 heavy (non-hydrogen) atoms. The van der Waals surface area contributed by atoms with Gasteiger partial charge in [0.1, 0.15) is 11.6 Å². The molecule has 0 aromatic heterocycles. The van der Waals surface area contributed by atoms with Gasteiger partial charge in [0.15, 0.2) is 0 Å². The molecule has 108 valence electrons. The van der Waals surface area contributed by atoms with Crippen molar-refractivity contribution in [1.29, 1.82) is 5.26 Å². The van der Waals surface area contributed by atoms with E-state index in [1.54, 1.807) is 18.2 Å². The minimum atomic E-state index is -0.703. The van der Waals surface area contributed by atoms with Gasteiger partial charge in [0.25, 0.3) is 0 Å². The molecule has 2 rings (SSSR count). The maximum atomic E-state index is 13.9. The molecule has 0 heterocycles. The topological polar surface area (TPSA) is 23.8 Å². The minimum Gasteiger partial charge on any atom is -0.206 e. The number of benzene rings is 2. The first-order valence-corrected chi connectivity index (χ1v) is 7.14. The van der Waals surface area contributed by atoms with E-state index in [1.807, 2.05) is 12.1 Å². The van der Waals surface area contributed by atoms with E-state index in [2.05, 4.69) is 6.92 Å². The van der Waals surface area contributed by atoms with Crippen LogP contribution in [0.4, 0.5) is 8.78 Å². The third kappa shape index (κ3) is 3.66. The van der Waals surface area contributed by atoms with Gasteiger partial charge in [0.2, 0.25) is 0 Å². The average Bonchev–Trinajstić information content (AvgIpc) is 2.48. The van der Waals surface area contributed by atoms with E-state index in [0.717, 1.165) is 25.0 Å². The van der Waals surface area contributed by atoms with Crippen LogP contribution in [0, 0.1) is 23.0 Å². The molecule has 0 N–H and O–H groups in total. The van der Waals surface area contributed by atoms with E-state index < -0.39 is 11.6 Å². The van der Waals surface area contributed by atoms with Gasteiger partial charge in [-0.3, -0.25) is 0 Å². The quantitative estimate of drug-likeness (QED) is 0.689. The van der Waals surface area contributed by atoms with Crippen LogP contribution in [0.5, 0.6) is 0 Å². The molecule has 0 saturated carbocycles. The number of hydrogen-bond donors (Lipinski definition) is 0. The first kappa shape index (κ1) is 15.2.